The Morgan fingerprint density at radius 1 is 0.842 bits per heavy atom. The van der Waals surface area contributed by atoms with Gasteiger partial charge in [0.1, 0.15) is 0 Å². The van der Waals surface area contributed by atoms with Gasteiger partial charge in [-0.2, -0.15) is 0 Å². The number of allylic oxidation sites excluding steroid dienone is 1. The summed E-state index contributed by atoms with van der Waals surface area (Å²) < 4.78 is 6.28. The first-order valence-corrected chi connectivity index (χ1v) is 16.0. The van der Waals surface area contributed by atoms with Crippen LogP contribution in [0.4, 0.5) is 0 Å². The summed E-state index contributed by atoms with van der Waals surface area (Å²) in [7, 11) is 0. The third-order valence-corrected chi connectivity index (χ3v) is 21.1. The Labute approximate surface area is 125 Å². The van der Waals surface area contributed by atoms with Gasteiger partial charge in [0, 0.05) is 0 Å². The van der Waals surface area contributed by atoms with E-state index in [2.05, 4.69) is 33.8 Å². The van der Waals surface area contributed by atoms with E-state index in [0.717, 1.165) is 0 Å². The zero-order valence-electron chi connectivity index (χ0n) is 13.8. The number of unbranched alkanes of at least 4 members (excludes halogenated alkanes) is 3. The van der Waals surface area contributed by atoms with Crippen LogP contribution in [-0.4, -0.2) is 30.1 Å². The normalized spacial score (nSPS) is 13.0. The molecular formula is C17H36OSn. The van der Waals surface area contributed by atoms with Crippen molar-refractivity contribution in [2.45, 2.75) is 86.0 Å². The third kappa shape index (κ3) is 7.17. The van der Waals surface area contributed by atoms with Crippen LogP contribution in [-0.2, 0) is 0 Å². The maximum atomic E-state index is 9.36. The van der Waals surface area contributed by atoms with E-state index in [1.54, 1.807) is 3.59 Å². The van der Waals surface area contributed by atoms with Crippen molar-refractivity contribution in [3.63, 3.8) is 0 Å². The van der Waals surface area contributed by atoms with Crippen molar-refractivity contribution in [2.24, 2.45) is 0 Å². The van der Waals surface area contributed by atoms with E-state index in [1.165, 1.54) is 58.3 Å². The predicted octanol–water partition coefficient (Wildman–Crippen LogP) is 5.70. The summed E-state index contributed by atoms with van der Waals surface area (Å²) in [6.07, 6.45) is 11.6. The van der Waals surface area contributed by atoms with Crippen LogP contribution in [0.15, 0.2) is 9.67 Å². The van der Waals surface area contributed by atoms with Gasteiger partial charge in [-0.3, -0.25) is 0 Å². The quantitative estimate of drug-likeness (QED) is 0.434. The molecule has 0 atom stereocenters. The molecule has 19 heavy (non-hydrogen) atoms. The molecule has 1 nitrogen and oxygen atoms in total. The second kappa shape index (κ2) is 12.3. The minimum atomic E-state index is -2.17. The van der Waals surface area contributed by atoms with Gasteiger partial charge in [0.25, 0.3) is 0 Å². The number of aliphatic hydroxyl groups is 1. The van der Waals surface area contributed by atoms with Crippen molar-refractivity contribution >= 4 is 18.4 Å². The van der Waals surface area contributed by atoms with Crippen LogP contribution in [0.25, 0.3) is 0 Å². The minimum absolute atomic E-state index is 0.256. The average molecular weight is 375 g/mol. The first-order chi connectivity index (χ1) is 9.20. The van der Waals surface area contributed by atoms with E-state index in [4.69, 9.17) is 0 Å². The molecule has 0 bridgehead atoms. The van der Waals surface area contributed by atoms with E-state index in [-0.39, 0.29) is 6.61 Å². The molecule has 0 aromatic carbocycles. The van der Waals surface area contributed by atoms with Gasteiger partial charge in [-0.15, -0.1) is 0 Å². The Hall–Kier alpha value is 0.499. The molecule has 0 rings (SSSR count). The Morgan fingerprint density at radius 2 is 1.26 bits per heavy atom. The Morgan fingerprint density at radius 3 is 1.53 bits per heavy atom. The molecule has 0 aromatic heterocycles. The van der Waals surface area contributed by atoms with Gasteiger partial charge in [-0.1, -0.05) is 0 Å². The Balaban J connectivity index is 5.10. The summed E-state index contributed by atoms with van der Waals surface area (Å²) in [6.45, 7) is 9.51. The van der Waals surface area contributed by atoms with Crippen molar-refractivity contribution < 1.29 is 5.11 Å². The standard InChI is InChI=1S/C5H9O.3C4H9.Sn/c1-2-3-4-5-6;3*1-3-4-2;/h4,6H,2,5H2,1H3;3*1,3-4H2,2H3;. The summed E-state index contributed by atoms with van der Waals surface area (Å²) >= 11 is -2.17. The molecule has 0 saturated heterocycles. The monoisotopic (exact) mass is 376 g/mol. The summed E-state index contributed by atoms with van der Waals surface area (Å²) in [4.78, 5) is 0. The fourth-order valence-corrected chi connectivity index (χ4v) is 20.6. The van der Waals surface area contributed by atoms with Gasteiger partial charge < -0.3 is 0 Å². The summed E-state index contributed by atoms with van der Waals surface area (Å²) in [5.74, 6) is 0. The second-order valence-corrected chi connectivity index (χ2v) is 19.3. The molecule has 0 unspecified atom stereocenters. The van der Waals surface area contributed by atoms with Crippen LogP contribution in [0.1, 0.15) is 72.6 Å². The fraction of sp³-hybridized carbons (Fsp3) is 0.882. The Kier molecular flexibility index (Phi) is 12.6. The molecule has 0 heterocycles. The molecule has 0 aliphatic heterocycles. The van der Waals surface area contributed by atoms with E-state index >= 15 is 0 Å². The molecule has 0 radical (unpaired) electrons. The maximum absolute atomic E-state index is 9.36. The number of rotatable bonds is 12. The Bertz CT molecular complexity index is 214. The van der Waals surface area contributed by atoms with Crippen LogP contribution >= 0.6 is 0 Å². The van der Waals surface area contributed by atoms with Gasteiger partial charge in [0.05, 0.1) is 0 Å². The second-order valence-electron chi connectivity index (χ2n) is 5.86. The molecule has 2 heteroatoms. The summed E-state index contributed by atoms with van der Waals surface area (Å²) in [5, 5.41) is 9.36. The third-order valence-electron chi connectivity index (χ3n) is 4.43. The molecule has 114 valence electrons. The number of hydrogen-bond donors (Lipinski definition) is 1. The van der Waals surface area contributed by atoms with Gasteiger partial charge in [-0.05, 0) is 0 Å². The zero-order valence-corrected chi connectivity index (χ0v) is 16.7. The fourth-order valence-electron chi connectivity index (χ4n) is 3.25. The molecule has 0 aliphatic rings. The molecular weight excluding hydrogens is 339 g/mol. The SMILES string of the molecule is CCC[CH2][Sn]([CH2]CCC)([CH2]CCC)/[C](=C\CO)CC. The molecule has 0 amide bonds. The molecule has 0 fully saturated rings. The van der Waals surface area contributed by atoms with Crippen molar-refractivity contribution in [3.8, 4) is 0 Å². The van der Waals surface area contributed by atoms with Gasteiger partial charge >= 0.3 is 126 Å². The van der Waals surface area contributed by atoms with Crippen molar-refractivity contribution in [3.05, 3.63) is 9.67 Å². The van der Waals surface area contributed by atoms with Crippen LogP contribution in [0.2, 0.25) is 13.3 Å². The summed E-state index contributed by atoms with van der Waals surface area (Å²) in [6, 6.07) is 0. The van der Waals surface area contributed by atoms with E-state index < -0.39 is 18.4 Å². The van der Waals surface area contributed by atoms with Crippen LogP contribution in [0, 0.1) is 0 Å². The van der Waals surface area contributed by atoms with Crippen molar-refractivity contribution in [1.82, 2.24) is 0 Å². The van der Waals surface area contributed by atoms with Crippen molar-refractivity contribution in [1.29, 1.82) is 0 Å². The van der Waals surface area contributed by atoms with Crippen molar-refractivity contribution in [2.75, 3.05) is 6.61 Å². The number of aliphatic hydroxyl groups excluding tert-OH is 1. The molecule has 0 aliphatic carbocycles. The van der Waals surface area contributed by atoms with Gasteiger partial charge in [0.15, 0.2) is 0 Å². The molecule has 0 spiro atoms. The first-order valence-electron chi connectivity index (χ1n) is 8.51. The summed E-state index contributed by atoms with van der Waals surface area (Å²) in [5.41, 5.74) is 0. The van der Waals surface area contributed by atoms with Crippen LogP contribution < -0.4 is 0 Å². The molecule has 0 aromatic rings. The van der Waals surface area contributed by atoms with Crippen LogP contribution in [0.3, 0.4) is 0 Å². The van der Waals surface area contributed by atoms with E-state index in [1.807, 2.05) is 0 Å². The topological polar surface area (TPSA) is 20.2 Å². The van der Waals surface area contributed by atoms with E-state index in [0.29, 0.717) is 0 Å². The number of hydrogen-bond acceptors (Lipinski definition) is 1. The average Bonchev–Trinajstić information content (AvgIpc) is 2.44. The van der Waals surface area contributed by atoms with E-state index in [9.17, 15) is 5.11 Å². The van der Waals surface area contributed by atoms with Crippen LogP contribution in [0.5, 0.6) is 0 Å². The van der Waals surface area contributed by atoms with Gasteiger partial charge in [0.2, 0.25) is 0 Å². The van der Waals surface area contributed by atoms with Gasteiger partial charge in [-0.25, -0.2) is 0 Å². The zero-order chi connectivity index (χ0) is 14.6. The molecule has 1 N–H and O–H groups in total. The first kappa shape index (κ1) is 19.5. The molecule has 0 saturated carbocycles. The predicted molar refractivity (Wildman–Crippen MR) is 90.4 cm³/mol.